The highest BCUT2D eigenvalue weighted by Crippen LogP contribution is 2.31. The van der Waals surface area contributed by atoms with E-state index in [4.69, 9.17) is 4.42 Å². The molecule has 0 aliphatic heterocycles. The molecule has 0 unspecified atom stereocenters. The number of furan rings is 1. The van der Waals surface area contributed by atoms with Crippen molar-refractivity contribution < 1.29 is 14.0 Å². The zero-order valence-electron chi connectivity index (χ0n) is 16.2. The maximum atomic E-state index is 12.5. The van der Waals surface area contributed by atoms with E-state index in [2.05, 4.69) is 15.6 Å². The molecule has 0 aliphatic rings. The summed E-state index contributed by atoms with van der Waals surface area (Å²) in [5.74, 6) is 0.771. The zero-order valence-corrected chi connectivity index (χ0v) is 17.8. The molecule has 30 heavy (non-hydrogen) atoms. The molecule has 6 nitrogen and oxygen atoms in total. The molecule has 4 aromatic rings. The van der Waals surface area contributed by atoms with Crippen LogP contribution in [0.2, 0.25) is 0 Å². The molecule has 2 aromatic carbocycles. The van der Waals surface area contributed by atoms with E-state index in [1.807, 2.05) is 55.5 Å². The number of aryl methyl sites for hydroxylation is 1. The quantitative estimate of drug-likeness (QED) is 0.404. The molecule has 2 amide bonds. The van der Waals surface area contributed by atoms with Crippen molar-refractivity contribution in [2.24, 2.45) is 0 Å². The monoisotopic (exact) mass is 437 g/mol. The van der Waals surface area contributed by atoms with Crippen LogP contribution >= 0.6 is 23.1 Å². The summed E-state index contributed by atoms with van der Waals surface area (Å²) in [5, 5.41) is 5.76. The van der Waals surface area contributed by atoms with E-state index < -0.39 is 0 Å². The van der Waals surface area contributed by atoms with E-state index in [1.54, 1.807) is 12.3 Å². The highest BCUT2D eigenvalue weighted by Gasteiger charge is 2.11. The van der Waals surface area contributed by atoms with Crippen molar-refractivity contribution in [2.45, 2.75) is 17.8 Å². The van der Waals surface area contributed by atoms with Gasteiger partial charge < -0.3 is 15.1 Å². The number of aromatic nitrogens is 1. The van der Waals surface area contributed by atoms with E-state index in [-0.39, 0.29) is 17.6 Å². The molecule has 2 aromatic heterocycles. The summed E-state index contributed by atoms with van der Waals surface area (Å²) in [6.45, 7) is 2.28. The van der Waals surface area contributed by atoms with Crippen molar-refractivity contribution in [3.05, 3.63) is 77.7 Å². The summed E-state index contributed by atoms with van der Waals surface area (Å²) in [5.41, 5.74) is 3.14. The van der Waals surface area contributed by atoms with Crippen LogP contribution in [-0.4, -0.2) is 22.6 Å². The summed E-state index contributed by atoms with van der Waals surface area (Å²) in [4.78, 5) is 29.1. The maximum absolute atomic E-state index is 12.5. The molecule has 4 rings (SSSR count). The summed E-state index contributed by atoms with van der Waals surface area (Å²) >= 11 is 2.88. The molecule has 0 radical (unpaired) electrons. The minimum Gasteiger partial charge on any atom is -0.467 e. The topological polar surface area (TPSA) is 84.2 Å². The Kier molecular flexibility index (Phi) is 6.15. The fourth-order valence-corrected chi connectivity index (χ4v) is 4.78. The number of carbonyl (C=O) groups is 2. The first-order valence-electron chi connectivity index (χ1n) is 9.28. The van der Waals surface area contributed by atoms with Crippen molar-refractivity contribution in [1.82, 2.24) is 10.3 Å². The third-order valence-corrected chi connectivity index (χ3v) is 6.54. The van der Waals surface area contributed by atoms with Crippen LogP contribution in [0.15, 0.2) is 69.6 Å². The predicted octanol–water partition coefficient (Wildman–Crippen LogP) is 4.86. The summed E-state index contributed by atoms with van der Waals surface area (Å²) in [6, 6.07) is 16.7. The van der Waals surface area contributed by atoms with Gasteiger partial charge in [0.15, 0.2) is 4.34 Å². The minimum absolute atomic E-state index is 0.0816. The molecule has 0 atom stereocenters. The number of hydrogen-bond donors (Lipinski definition) is 2. The standard InChI is InChI=1S/C22H19N3O3S2/c1-14-5-2-3-7-17(14)21(27)24-15-8-9-18-19(11-15)30-22(25-18)29-13-20(26)23-12-16-6-4-10-28-16/h2-11H,12-13H2,1H3,(H,23,26)(H,24,27). The number of carbonyl (C=O) groups excluding carboxylic acids is 2. The molecule has 0 spiro atoms. The van der Waals surface area contributed by atoms with Crippen LogP contribution in [0, 0.1) is 6.92 Å². The lowest BCUT2D eigenvalue weighted by Gasteiger charge is -2.07. The number of anilines is 1. The zero-order chi connectivity index (χ0) is 20.9. The third-order valence-electron chi connectivity index (χ3n) is 4.38. The molecular weight excluding hydrogens is 418 g/mol. The van der Waals surface area contributed by atoms with Gasteiger partial charge in [-0.15, -0.1) is 11.3 Å². The Labute approximate surface area is 181 Å². The van der Waals surface area contributed by atoms with Gasteiger partial charge in [0.2, 0.25) is 5.91 Å². The van der Waals surface area contributed by atoms with E-state index in [1.165, 1.54) is 23.1 Å². The lowest BCUT2D eigenvalue weighted by Crippen LogP contribution is -2.24. The second-order valence-electron chi connectivity index (χ2n) is 6.58. The highest BCUT2D eigenvalue weighted by atomic mass is 32.2. The second-order valence-corrected chi connectivity index (χ2v) is 8.83. The van der Waals surface area contributed by atoms with Crippen molar-refractivity contribution in [2.75, 3.05) is 11.1 Å². The van der Waals surface area contributed by atoms with Crippen molar-refractivity contribution in [1.29, 1.82) is 0 Å². The minimum atomic E-state index is -0.139. The summed E-state index contributed by atoms with van der Waals surface area (Å²) in [6.07, 6.45) is 1.58. The molecule has 0 aliphatic carbocycles. The van der Waals surface area contributed by atoms with Crippen LogP contribution in [0.25, 0.3) is 10.2 Å². The lowest BCUT2D eigenvalue weighted by molar-refractivity contribution is -0.118. The molecule has 0 saturated heterocycles. The van der Waals surface area contributed by atoms with Crippen LogP contribution in [0.1, 0.15) is 21.7 Å². The van der Waals surface area contributed by atoms with E-state index in [0.29, 0.717) is 23.6 Å². The Morgan fingerprint density at radius 2 is 2.00 bits per heavy atom. The molecule has 152 valence electrons. The highest BCUT2D eigenvalue weighted by molar-refractivity contribution is 8.01. The van der Waals surface area contributed by atoms with Crippen molar-refractivity contribution in [3.63, 3.8) is 0 Å². The number of hydrogen-bond acceptors (Lipinski definition) is 6. The number of nitrogens with zero attached hydrogens (tertiary/aromatic N) is 1. The lowest BCUT2D eigenvalue weighted by atomic mass is 10.1. The van der Waals surface area contributed by atoms with Gasteiger partial charge in [-0.25, -0.2) is 4.98 Å². The van der Waals surface area contributed by atoms with Gasteiger partial charge in [-0.3, -0.25) is 9.59 Å². The normalized spacial score (nSPS) is 10.8. The first-order chi connectivity index (χ1) is 14.6. The number of amides is 2. The Bertz CT molecular complexity index is 1190. The average molecular weight is 438 g/mol. The van der Waals surface area contributed by atoms with Gasteiger partial charge in [-0.05, 0) is 48.9 Å². The van der Waals surface area contributed by atoms with Gasteiger partial charge in [-0.1, -0.05) is 30.0 Å². The molecular formula is C22H19N3O3S2. The van der Waals surface area contributed by atoms with Gasteiger partial charge >= 0.3 is 0 Å². The number of thiazole rings is 1. The number of rotatable bonds is 7. The molecule has 0 saturated carbocycles. The predicted molar refractivity (Wildman–Crippen MR) is 120 cm³/mol. The van der Waals surface area contributed by atoms with Crippen LogP contribution in [-0.2, 0) is 11.3 Å². The number of nitrogens with one attached hydrogen (secondary N) is 2. The first-order valence-corrected chi connectivity index (χ1v) is 11.1. The van der Waals surface area contributed by atoms with E-state index in [0.717, 1.165) is 20.1 Å². The Balaban J connectivity index is 1.37. The van der Waals surface area contributed by atoms with Crippen LogP contribution in [0.5, 0.6) is 0 Å². The Hall–Kier alpha value is -3.10. The summed E-state index contributed by atoms with van der Waals surface area (Å²) < 4.78 is 6.96. The third kappa shape index (κ3) is 4.90. The number of benzene rings is 2. The van der Waals surface area contributed by atoms with Crippen LogP contribution < -0.4 is 10.6 Å². The van der Waals surface area contributed by atoms with Gasteiger partial charge in [0.25, 0.3) is 5.91 Å². The molecule has 0 bridgehead atoms. The molecule has 8 heteroatoms. The smallest absolute Gasteiger partial charge is 0.255 e. The Morgan fingerprint density at radius 3 is 2.80 bits per heavy atom. The largest absolute Gasteiger partial charge is 0.467 e. The fourth-order valence-electron chi connectivity index (χ4n) is 2.85. The van der Waals surface area contributed by atoms with Gasteiger partial charge in [0, 0.05) is 11.3 Å². The average Bonchev–Trinajstić information content (AvgIpc) is 3.40. The summed E-state index contributed by atoms with van der Waals surface area (Å²) in [7, 11) is 0. The van der Waals surface area contributed by atoms with Crippen LogP contribution in [0.4, 0.5) is 5.69 Å². The van der Waals surface area contributed by atoms with Gasteiger partial charge in [-0.2, -0.15) is 0 Å². The number of thioether (sulfide) groups is 1. The van der Waals surface area contributed by atoms with Gasteiger partial charge in [0.05, 0.1) is 28.8 Å². The SMILES string of the molecule is Cc1ccccc1C(=O)Nc1ccc2nc(SCC(=O)NCc3ccco3)sc2c1. The second kappa shape index (κ2) is 9.15. The van der Waals surface area contributed by atoms with Crippen molar-refractivity contribution in [3.8, 4) is 0 Å². The van der Waals surface area contributed by atoms with Crippen molar-refractivity contribution >= 4 is 50.8 Å². The first kappa shape index (κ1) is 20.2. The number of fused-ring (bicyclic) bond motifs is 1. The van der Waals surface area contributed by atoms with E-state index in [9.17, 15) is 9.59 Å². The Morgan fingerprint density at radius 1 is 1.13 bits per heavy atom. The van der Waals surface area contributed by atoms with Crippen LogP contribution in [0.3, 0.4) is 0 Å². The maximum Gasteiger partial charge on any atom is 0.255 e. The molecule has 2 heterocycles. The molecule has 0 fully saturated rings. The van der Waals surface area contributed by atoms with Gasteiger partial charge in [0.1, 0.15) is 5.76 Å². The molecule has 2 N–H and O–H groups in total. The van der Waals surface area contributed by atoms with E-state index >= 15 is 0 Å². The fraction of sp³-hybridized carbons (Fsp3) is 0.136.